The Labute approximate surface area is 95.9 Å². The van der Waals surface area contributed by atoms with Crippen molar-refractivity contribution in [2.45, 2.75) is 0 Å². The molecule has 0 spiro atoms. The topological polar surface area (TPSA) is 21.3 Å². The Morgan fingerprint density at radius 1 is 0.938 bits per heavy atom. The molecule has 0 amide bonds. The zero-order chi connectivity index (χ0) is 11.2. The third kappa shape index (κ3) is 2.61. The highest BCUT2D eigenvalue weighted by Crippen LogP contribution is 2.23. The van der Waals surface area contributed by atoms with Gasteiger partial charge in [0.05, 0.1) is 0 Å². The molecule has 0 aliphatic carbocycles. The standard InChI is InChI=1S/C14H15NO/c1-15-11-16-14-9-5-8-13(10-14)12-6-3-2-4-7-12/h2-10,15H,11H2,1H3. The summed E-state index contributed by atoms with van der Waals surface area (Å²) in [6.45, 7) is 0.526. The minimum Gasteiger partial charge on any atom is -0.478 e. The predicted octanol–water partition coefficient (Wildman–Crippen LogP) is 2.91. The molecule has 1 N–H and O–H groups in total. The minimum atomic E-state index is 0.526. The summed E-state index contributed by atoms with van der Waals surface area (Å²) in [7, 11) is 1.86. The lowest BCUT2D eigenvalue weighted by Gasteiger charge is -2.07. The van der Waals surface area contributed by atoms with Crippen molar-refractivity contribution in [3.63, 3.8) is 0 Å². The van der Waals surface area contributed by atoms with E-state index in [-0.39, 0.29) is 0 Å². The van der Waals surface area contributed by atoms with Gasteiger partial charge in [0, 0.05) is 0 Å². The van der Waals surface area contributed by atoms with Crippen LogP contribution in [0.15, 0.2) is 54.6 Å². The van der Waals surface area contributed by atoms with Crippen molar-refractivity contribution in [3.8, 4) is 16.9 Å². The summed E-state index contributed by atoms with van der Waals surface area (Å²) in [5.41, 5.74) is 2.38. The highest BCUT2D eigenvalue weighted by atomic mass is 16.5. The van der Waals surface area contributed by atoms with E-state index in [1.165, 1.54) is 11.1 Å². The molecule has 0 saturated carbocycles. The smallest absolute Gasteiger partial charge is 0.139 e. The average molecular weight is 213 g/mol. The second-order valence-electron chi connectivity index (χ2n) is 3.54. The van der Waals surface area contributed by atoms with Gasteiger partial charge in [-0.2, -0.15) is 0 Å². The van der Waals surface area contributed by atoms with Crippen LogP contribution in [0.3, 0.4) is 0 Å². The zero-order valence-corrected chi connectivity index (χ0v) is 9.31. The molecule has 0 aliphatic rings. The minimum absolute atomic E-state index is 0.526. The summed E-state index contributed by atoms with van der Waals surface area (Å²) in [6, 6.07) is 18.4. The number of rotatable bonds is 4. The summed E-state index contributed by atoms with van der Waals surface area (Å²) in [6.07, 6.45) is 0. The Morgan fingerprint density at radius 2 is 1.69 bits per heavy atom. The molecule has 0 atom stereocenters. The molecule has 82 valence electrons. The van der Waals surface area contributed by atoms with Crippen LogP contribution >= 0.6 is 0 Å². The van der Waals surface area contributed by atoms with Gasteiger partial charge in [0.1, 0.15) is 12.5 Å². The van der Waals surface area contributed by atoms with Gasteiger partial charge in [-0.3, -0.25) is 5.32 Å². The van der Waals surface area contributed by atoms with Crippen molar-refractivity contribution in [2.75, 3.05) is 13.8 Å². The van der Waals surface area contributed by atoms with Crippen molar-refractivity contribution >= 4 is 0 Å². The number of nitrogens with one attached hydrogen (secondary N) is 1. The van der Waals surface area contributed by atoms with E-state index in [9.17, 15) is 0 Å². The van der Waals surface area contributed by atoms with E-state index in [0.717, 1.165) is 5.75 Å². The Hall–Kier alpha value is -1.80. The molecule has 0 bridgehead atoms. The highest BCUT2D eigenvalue weighted by Gasteiger charge is 1.98. The van der Waals surface area contributed by atoms with Crippen LogP contribution in [0.4, 0.5) is 0 Å². The molecule has 2 aromatic carbocycles. The predicted molar refractivity (Wildman–Crippen MR) is 66.4 cm³/mol. The maximum absolute atomic E-state index is 5.51. The summed E-state index contributed by atoms with van der Waals surface area (Å²) in [5.74, 6) is 0.885. The molecular formula is C14H15NO. The number of hydrogen-bond donors (Lipinski definition) is 1. The summed E-state index contributed by atoms with van der Waals surface area (Å²) in [4.78, 5) is 0. The summed E-state index contributed by atoms with van der Waals surface area (Å²) >= 11 is 0. The lowest BCUT2D eigenvalue weighted by molar-refractivity contribution is 0.296. The molecule has 0 saturated heterocycles. The molecule has 0 heterocycles. The second kappa shape index (κ2) is 5.33. The second-order valence-corrected chi connectivity index (χ2v) is 3.54. The van der Waals surface area contributed by atoms with Crippen molar-refractivity contribution in [3.05, 3.63) is 54.6 Å². The Balaban J connectivity index is 2.22. The zero-order valence-electron chi connectivity index (χ0n) is 9.31. The first-order chi connectivity index (χ1) is 7.90. The fourth-order valence-electron chi connectivity index (χ4n) is 1.55. The highest BCUT2D eigenvalue weighted by molar-refractivity contribution is 5.64. The Bertz CT molecular complexity index is 439. The van der Waals surface area contributed by atoms with Crippen molar-refractivity contribution in [1.82, 2.24) is 5.32 Å². The van der Waals surface area contributed by atoms with E-state index in [4.69, 9.17) is 4.74 Å². The number of benzene rings is 2. The van der Waals surface area contributed by atoms with Crippen LogP contribution in [0.25, 0.3) is 11.1 Å². The molecule has 0 radical (unpaired) electrons. The lowest BCUT2D eigenvalue weighted by atomic mass is 10.1. The monoisotopic (exact) mass is 213 g/mol. The van der Waals surface area contributed by atoms with Crippen molar-refractivity contribution in [1.29, 1.82) is 0 Å². The molecule has 2 aromatic rings. The average Bonchev–Trinajstić information content (AvgIpc) is 2.38. The van der Waals surface area contributed by atoms with Crippen LogP contribution in [-0.4, -0.2) is 13.8 Å². The van der Waals surface area contributed by atoms with Gasteiger partial charge in [-0.1, -0.05) is 42.5 Å². The molecule has 2 rings (SSSR count). The van der Waals surface area contributed by atoms with Crippen LogP contribution in [0, 0.1) is 0 Å². The van der Waals surface area contributed by atoms with Gasteiger partial charge in [-0.25, -0.2) is 0 Å². The van der Waals surface area contributed by atoms with Crippen LogP contribution in [-0.2, 0) is 0 Å². The van der Waals surface area contributed by atoms with Gasteiger partial charge in [0.2, 0.25) is 0 Å². The van der Waals surface area contributed by atoms with Crippen LogP contribution in [0.1, 0.15) is 0 Å². The van der Waals surface area contributed by atoms with Gasteiger partial charge in [-0.05, 0) is 30.3 Å². The molecule has 0 fully saturated rings. The first kappa shape index (κ1) is 10.7. The van der Waals surface area contributed by atoms with E-state index in [1.807, 2.05) is 43.4 Å². The van der Waals surface area contributed by atoms with Crippen LogP contribution in [0.2, 0.25) is 0 Å². The van der Waals surface area contributed by atoms with Gasteiger partial charge in [-0.15, -0.1) is 0 Å². The summed E-state index contributed by atoms with van der Waals surface area (Å²) < 4.78 is 5.51. The van der Waals surface area contributed by atoms with E-state index in [2.05, 4.69) is 23.5 Å². The van der Waals surface area contributed by atoms with Crippen molar-refractivity contribution in [2.24, 2.45) is 0 Å². The first-order valence-electron chi connectivity index (χ1n) is 5.33. The van der Waals surface area contributed by atoms with E-state index >= 15 is 0 Å². The fraction of sp³-hybridized carbons (Fsp3) is 0.143. The number of hydrogen-bond acceptors (Lipinski definition) is 2. The molecule has 2 heteroatoms. The Kier molecular flexibility index (Phi) is 3.57. The molecule has 0 aliphatic heterocycles. The van der Waals surface area contributed by atoms with E-state index < -0.39 is 0 Å². The lowest BCUT2D eigenvalue weighted by Crippen LogP contribution is -2.13. The van der Waals surface area contributed by atoms with Gasteiger partial charge >= 0.3 is 0 Å². The maximum Gasteiger partial charge on any atom is 0.139 e. The van der Waals surface area contributed by atoms with Gasteiger partial charge in [0.25, 0.3) is 0 Å². The van der Waals surface area contributed by atoms with Crippen LogP contribution < -0.4 is 10.1 Å². The number of ether oxygens (including phenoxy) is 1. The summed E-state index contributed by atoms with van der Waals surface area (Å²) in [5, 5.41) is 2.95. The van der Waals surface area contributed by atoms with E-state index in [1.54, 1.807) is 0 Å². The van der Waals surface area contributed by atoms with Crippen molar-refractivity contribution < 1.29 is 4.74 Å². The largest absolute Gasteiger partial charge is 0.478 e. The van der Waals surface area contributed by atoms with E-state index in [0.29, 0.717) is 6.73 Å². The SMILES string of the molecule is CNCOc1cccc(-c2ccccc2)c1. The molecule has 0 aromatic heterocycles. The maximum atomic E-state index is 5.51. The molecule has 2 nitrogen and oxygen atoms in total. The first-order valence-corrected chi connectivity index (χ1v) is 5.33. The van der Waals surface area contributed by atoms with Crippen LogP contribution in [0.5, 0.6) is 5.75 Å². The third-order valence-electron chi connectivity index (χ3n) is 2.32. The van der Waals surface area contributed by atoms with Gasteiger partial charge < -0.3 is 4.74 Å². The van der Waals surface area contributed by atoms with Gasteiger partial charge in [0.15, 0.2) is 0 Å². The quantitative estimate of drug-likeness (QED) is 0.788. The molecule has 16 heavy (non-hydrogen) atoms. The molecular weight excluding hydrogens is 198 g/mol. The third-order valence-corrected chi connectivity index (χ3v) is 2.32. The normalized spacial score (nSPS) is 10.1. The Morgan fingerprint density at radius 3 is 2.44 bits per heavy atom. The fourth-order valence-corrected chi connectivity index (χ4v) is 1.55. The molecule has 0 unspecified atom stereocenters.